The minimum Gasteiger partial charge on any atom is -0.384 e. The number of halogens is 1. The molecule has 100 valence electrons. The van der Waals surface area contributed by atoms with Crippen molar-refractivity contribution in [1.29, 1.82) is 5.41 Å². The highest BCUT2D eigenvalue weighted by molar-refractivity contribution is 7.90. The van der Waals surface area contributed by atoms with Gasteiger partial charge >= 0.3 is 0 Å². The van der Waals surface area contributed by atoms with Crippen LogP contribution in [0.3, 0.4) is 0 Å². The number of hydrogen-bond donors (Lipinski definition) is 2. The molecule has 0 bridgehead atoms. The van der Waals surface area contributed by atoms with Gasteiger partial charge < -0.3 is 5.73 Å². The van der Waals surface area contributed by atoms with Crippen LogP contribution in [0.15, 0.2) is 35.5 Å². The Hall–Kier alpha value is -1.86. The zero-order chi connectivity index (χ0) is 14.2. The fourth-order valence-corrected chi connectivity index (χ4v) is 2.29. The van der Waals surface area contributed by atoms with E-state index >= 15 is 0 Å². The third-order valence-electron chi connectivity index (χ3n) is 2.49. The SMILES string of the molecule is CS(=O)(=O)c1cnn(-c2ccc(C(=N)N)cc2Cl)c1. The van der Waals surface area contributed by atoms with Gasteiger partial charge in [0.05, 0.1) is 16.9 Å². The van der Waals surface area contributed by atoms with E-state index in [1.165, 1.54) is 23.1 Å². The van der Waals surface area contributed by atoms with Crippen molar-refractivity contribution in [2.75, 3.05) is 6.26 Å². The summed E-state index contributed by atoms with van der Waals surface area (Å²) in [5.41, 5.74) is 6.36. The Balaban J connectivity index is 2.48. The Morgan fingerprint density at radius 3 is 2.63 bits per heavy atom. The largest absolute Gasteiger partial charge is 0.384 e. The summed E-state index contributed by atoms with van der Waals surface area (Å²) in [5, 5.41) is 11.6. The Bertz CT molecular complexity index is 752. The van der Waals surface area contributed by atoms with Gasteiger partial charge in [-0.05, 0) is 18.2 Å². The van der Waals surface area contributed by atoms with E-state index in [2.05, 4.69) is 5.10 Å². The summed E-state index contributed by atoms with van der Waals surface area (Å²) in [5.74, 6) is -0.0919. The molecule has 0 aliphatic rings. The normalized spacial score (nSPS) is 11.5. The summed E-state index contributed by atoms with van der Waals surface area (Å²) in [6.45, 7) is 0. The first-order valence-corrected chi connectivity index (χ1v) is 7.45. The van der Waals surface area contributed by atoms with Crippen molar-refractivity contribution in [3.8, 4) is 5.69 Å². The first kappa shape index (κ1) is 13.6. The average molecular weight is 299 g/mol. The third kappa shape index (κ3) is 2.77. The van der Waals surface area contributed by atoms with Crippen LogP contribution in [0, 0.1) is 5.41 Å². The maximum atomic E-state index is 11.4. The molecule has 2 rings (SSSR count). The quantitative estimate of drug-likeness (QED) is 0.657. The van der Waals surface area contributed by atoms with Gasteiger partial charge in [-0.2, -0.15) is 5.10 Å². The van der Waals surface area contributed by atoms with Gasteiger partial charge in [0.2, 0.25) is 0 Å². The molecule has 0 spiro atoms. The molecule has 3 N–H and O–H groups in total. The molecule has 19 heavy (non-hydrogen) atoms. The Kier molecular flexibility index (Phi) is 3.34. The minimum absolute atomic E-state index is 0.0919. The molecule has 0 radical (unpaired) electrons. The lowest BCUT2D eigenvalue weighted by Gasteiger charge is -2.06. The van der Waals surface area contributed by atoms with E-state index < -0.39 is 9.84 Å². The predicted octanol–water partition coefficient (Wildman–Crippen LogP) is 1.21. The molecular formula is C11H11ClN4O2S. The van der Waals surface area contributed by atoms with Crippen molar-refractivity contribution in [2.24, 2.45) is 5.73 Å². The van der Waals surface area contributed by atoms with Crippen LogP contribution in [-0.4, -0.2) is 30.3 Å². The summed E-state index contributed by atoms with van der Waals surface area (Å²) in [7, 11) is -3.30. The molecule has 0 saturated heterocycles. The molecule has 0 unspecified atom stereocenters. The standard InChI is InChI=1S/C11H11ClN4O2S/c1-19(17,18)8-5-15-16(6-8)10-3-2-7(11(13)14)4-9(10)12/h2-6H,1H3,(H3,13,14). The Labute approximate surface area is 115 Å². The van der Waals surface area contributed by atoms with E-state index in [4.69, 9.17) is 22.7 Å². The Morgan fingerprint density at radius 1 is 1.47 bits per heavy atom. The number of nitrogens with zero attached hydrogens (tertiary/aromatic N) is 2. The van der Waals surface area contributed by atoms with Crippen molar-refractivity contribution >= 4 is 27.3 Å². The molecule has 0 amide bonds. The summed E-state index contributed by atoms with van der Waals surface area (Å²) < 4.78 is 24.1. The number of nitrogens with two attached hydrogens (primary N) is 1. The van der Waals surface area contributed by atoms with E-state index in [0.717, 1.165) is 6.26 Å². The van der Waals surface area contributed by atoms with Crippen LogP contribution in [0.4, 0.5) is 0 Å². The van der Waals surface area contributed by atoms with Crippen LogP contribution in [0.2, 0.25) is 5.02 Å². The molecule has 6 nitrogen and oxygen atoms in total. The second-order valence-corrected chi connectivity index (χ2v) is 6.40. The van der Waals surface area contributed by atoms with Crippen LogP contribution in [0.5, 0.6) is 0 Å². The number of nitrogens with one attached hydrogen (secondary N) is 1. The zero-order valence-electron chi connectivity index (χ0n) is 9.96. The minimum atomic E-state index is -3.30. The molecular weight excluding hydrogens is 288 g/mol. The zero-order valence-corrected chi connectivity index (χ0v) is 11.5. The average Bonchev–Trinajstić information content (AvgIpc) is 2.77. The van der Waals surface area contributed by atoms with E-state index in [-0.39, 0.29) is 10.7 Å². The van der Waals surface area contributed by atoms with Gasteiger partial charge in [0.15, 0.2) is 9.84 Å². The van der Waals surface area contributed by atoms with Crippen molar-refractivity contribution in [3.63, 3.8) is 0 Å². The first-order valence-electron chi connectivity index (χ1n) is 5.18. The maximum Gasteiger partial charge on any atom is 0.178 e. The summed E-state index contributed by atoms with van der Waals surface area (Å²) >= 11 is 6.07. The third-order valence-corrected chi connectivity index (χ3v) is 3.86. The van der Waals surface area contributed by atoms with Gasteiger partial charge in [-0.1, -0.05) is 11.6 Å². The number of rotatable bonds is 3. The molecule has 2 aromatic rings. The second kappa shape index (κ2) is 4.67. The smallest absolute Gasteiger partial charge is 0.178 e. The van der Waals surface area contributed by atoms with Crippen molar-refractivity contribution in [2.45, 2.75) is 4.90 Å². The maximum absolute atomic E-state index is 11.4. The summed E-state index contributed by atoms with van der Waals surface area (Å²) in [6, 6.07) is 4.77. The lowest BCUT2D eigenvalue weighted by molar-refractivity contribution is 0.602. The lowest BCUT2D eigenvalue weighted by Crippen LogP contribution is -2.11. The molecule has 1 aromatic heterocycles. The van der Waals surface area contributed by atoms with Gasteiger partial charge in [0.1, 0.15) is 10.7 Å². The van der Waals surface area contributed by atoms with Crippen molar-refractivity contribution in [3.05, 3.63) is 41.2 Å². The highest BCUT2D eigenvalue weighted by atomic mass is 35.5. The predicted molar refractivity (Wildman–Crippen MR) is 72.7 cm³/mol. The van der Waals surface area contributed by atoms with E-state index in [0.29, 0.717) is 16.3 Å². The van der Waals surface area contributed by atoms with Gasteiger partial charge in [-0.3, -0.25) is 5.41 Å². The molecule has 8 heteroatoms. The number of amidine groups is 1. The van der Waals surface area contributed by atoms with Crippen LogP contribution in [0.25, 0.3) is 5.69 Å². The van der Waals surface area contributed by atoms with Gasteiger partial charge in [0.25, 0.3) is 0 Å². The molecule has 0 aliphatic carbocycles. The topological polar surface area (TPSA) is 102 Å². The monoisotopic (exact) mass is 298 g/mol. The molecule has 0 atom stereocenters. The van der Waals surface area contributed by atoms with Gasteiger partial charge in [0, 0.05) is 18.0 Å². The van der Waals surface area contributed by atoms with Crippen molar-refractivity contribution < 1.29 is 8.42 Å². The van der Waals surface area contributed by atoms with Crippen LogP contribution in [-0.2, 0) is 9.84 Å². The first-order chi connectivity index (χ1) is 8.79. The van der Waals surface area contributed by atoms with Crippen LogP contribution >= 0.6 is 11.6 Å². The number of nitrogen functional groups attached to an aromatic ring is 1. The molecule has 0 aliphatic heterocycles. The van der Waals surface area contributed by atoms with Gasteiger partial charge in [-0.15, -0.1) is 0 Å². The highest BCUT2D eigenvalue weighted by Crippen LogP contribution is 2.22. The van der Waals surface area contributed by atoms with Crippen LogP contribution in [0.1, 0.15) is 5.56 Å². The molecule has 0 saturated carbocycles. The number of benzene rings is 1. The summed E-state index contributed by atoms with van der Waals surface area (Å²) in [6.07, 6.45) is 3.74. The summed E-state index contributed by atoms with van der Waals surface area (Å²) in [4.78, 5) is 0.110. The number of aromatic nitrogens is 2. The van der Waals surface area contributed by atoms with E-state index in [9.17, 15) is 8.42 Å². The second-order valence-electron chi connectivity index (χ2n) is 3.97. The number of hydrogen-bond acceptors (Lipinski definition) is 4. The van der Waals surface area contributed by atoms with Gasteiger partial charge in [-0.25, -0.2) is 13.1 Å². The highest BCUT2D eigenvalue weighted by Gasteiger charge is 2.12. The molecule has 0 fully saturated rings. The van der Waals surface area contributed by atoms with E-state index in [1.54, 1.807) is 12.1 Å². The lowest BCUT2D eigenvalue weighted by atomic mass is 10.2. The fraction of sp³-hybridized carbons (Fsp3) is 0.0909. The van der Waals surface area contributed by atoms with Crippen LogP contribution < -0.4 is 5.73 Å². The van der Waals surface area contributed by atoms with Crippen molar-refractivity contribution in [1.82, 2.24) is 9.78 Å². The Morgan fingerprint density at radius 2 is 2.16 bits per heavy atom. The fourth-order valence-electron chi connectivity index (χ4n) is 1.49. The molecule has 1 heterocycles. The molecule has 1 aromatic carbocycles. The number of sulfone groups is 1. The van der Waals surface area contributed by atoms with E-state index in [1.807, 2.05) is 0 Å².